The first-order chi connectivity index (χ1) is 17.3. The summed E-state index contributed by atoms with van der Waals surface area (Å²) < 4.78 is 34.5. The molecule has 0 bridgehead atoms. The number of benzene rings is 1. The van der Waals surface area contributed by atoms with Crippen molar-refractivity contribution in [2.24, 2.45) is 0 Å². The maximum Gasteiger partial charge on any atom is 0.243 e. The highest BCUT2D eigenvalue weighted by Crippen LogP contribution is 2.28. The smallest absolute Gasteiger partial charge is 0.243 e. The molecule has 1 aliphatic rings. The van der Waals surface area contributed by atoms with Gasteiger partial charge >= 0.3 is 0 Å². The van der Waals surface area contributed by atoms with E-state index >= 15 is 0 Å². The molecule has 1 saturated heterocycles. The molecule has 1 fully saturated rings. The molecule has 9 nitrogen and oxygen atoms in total. The number of halogens is 2. The van der Waals surface area contributed by atoms with Crippen LogP contribution in [0.25, 0.3) is 0 Å². The van der Waals surface area contributed by atoms with E-state index in [1.807, 2.05) is 13.8 Å². The number of likely N-dealkylation sites (tertiary alicyclic amines) is 1. The second kappa shape index (κ2) is 10.8. The maximum absolute atomic E-state index is 14.8. The predicted octanol–water partition coefficient (Wildman–Crippen LogP) is 2.86. The fourth-order valence-corrected chi connectivity index (χ4v) is 4.31. The Morgan fingerprint density at radius 2 is 2.08 bits per heavy atom. The van der Waals surface area contributed by atoms with E-state index in [9.17, 15) is 18.4 Å². The lowest BCUT2D eigenvalue weighted by Gasteiger charge is -2.26. The van der Waals surface area contributed by atoms with Crippen molar-refractivity contribution in [1.29, 1.82) is 0 Å². The summed E-state index contributed by atoms with van der Waals surface area (Å²) in [5.74, 6) is -1.15. The predicted molar refractivity (Wildman–Crippen MR) is 126 cm³/mol. The molecule has 1 aliphatic heterocycles. The van der Waals surface area contributed by atoms with Crippen molar-refractivity contribution in [2.45, 2.75) is 50.9 Å². The van der Waals surface area contributed by atoms with Gasteiger partial charge in [-0.2, -0.15) is 19.8 Å². The summed E-state index contributed by atoms with van der Waals surface area (Å²) >= 11 is 0. The Bertz CT molecular complexity index is 1220. The van der Waals surface area contributed by atoms with Crippen molar-refractivity contribution < 1.29 is 23.1 Å². The van der Waals surface area contributed by atoms with Crippen molar-refractivity contribution in [1.82, 2.24) is 30.6 Å². The van der Waals surface area contributed by atoms with Gasteiger partial charge in [0.2, 0.25) is 17.8 Å². The molecule has 3 aromatic rings. The van der Waals surface area contributed by atoms with Gasteiger partial charge in [0.05, 0.1) is 43.7 Å². The number of aromatic amines is 1. The minimum Gasteiger partial charge on any atom is -0.497 e. The molecule has 0 unspecified atom stereocenters. The molecule has 36 heavy (non-hydrogen) atoms. The molecule has 0 spiro atoms. The van der Waals surface area contributed by atoms with Crippen LogP contribution in [-0.2, 0) is 16.0 Å². The first-order valence-electron chi connectivity index (χ1n) is 11.7. The van der Waals surface area contributed by atoms with Crippen LogP contribution in [0.3, 0.4) is 0 Å². The number of hydrogen-bond donors (Lipinski definition) is 2. The van der Waals surface area contributed by atoms with Crippen LogP contribution in [0.4, 0.5) is 8.78 Å². The molecule has 2 aromatic heterocycles. The number of hydrogen-bond acceptors (Lipinski definition) is 6. The number of nitrogens with one attached hydrogen (secondary N) is 2. The fourth-order valence-electron chi connectivity index (χ4n) is 4.31. The number of ether oxygens (including phenoxy) is 1. The second-order valence-electron chi connectivity index (χ2n) is 9.02. The van der Waals surface area contributed by atoms with E-state index in [1.54, 1.807) is 36.4 Å². The van der Waals surface area contributed by atoms with Crippen LogP contribution in [0.1, 0.15) is 54.7 Å². The van der Waals surface area contributed by atoms with Crippen LogP contribution in [0.15, 0.2) is 42.6 Å². The summed E-state index contributed by atoms with van der Waals surface area (Å²) in [6.07, 6.45) is -0.209. The summed E-state index contributed by atoms with van der Waals surface area (Å²) in [6.45, 7) is 3.52. The van der Waals surface area contributed by atoms with Crippen LogP contribution < -0.4 is 10.1 Å². The topological polar surface area (TPSA) is 113 Å². The van der Waals surface area contributed by atoms with Gasteiger partial charge in [-0.05, 0) is 29.7 Å². The van der Waals surface area contributed by atoms with Crippen LogP contribution in [-0.4, -0.2) is 63.0 Å². The van der Waals surface area contributed by atoms with E-state index < -0.39 is 36.0 Å². The summed E-state index contributed by atoms with van der Waals surface area (Å²) in [7, 11) is 1.51. The largest absolute Gasteiger partial charge is 0.497 e. The Kier molecular flexibility index (Phi) is 7.56. The minimum absolute atomic E-state index is 0.0688. The zero-order valence-electron chi connectivity index (χ0n) is 20.2. The molecule has 3 atom stereocenters. The Morgan fingerprint density at radius 3 is 2.75 bits per heavy atom. The van der Waals surface area contributed by atoms with E-state index in [0.29, 0.717) is 22.6 Å². The van der Waals surface area contributed by atoms with Gasteiger partial charge < -0.3 is 15.0 Å². The molecule has 3 heterocycles. The number of carbonyl (C=O) groups is 2. The first kappa shape index (κ1) is 25.2. The van der Waals surface area contributed by atoms with Crippen LogP contribution in [0.5, 0.6) is 5.75 Å². The number of pyridine rings is 1. The zero-order valence-corrected chi connectivity index (χ0v) is 20.2. The highest BCUT2D eigenvalue weighted by atomic mass is 19.1. The molecule has 0 aliphatic carbocycles. The monoisotopic (exact) mass is 498 g/mol. The van der Waals surface area contributed by atoms with E-state index in [0.717, 1.165) is 0 Å². The molecule has 190 valence electrons. The normalized spacial score (nSPS) is 18.3. The lowest BCUT2D eigenvalue weighted by atomic mass is 9.99. The Labute approximate surface area is 207 Å². The Balaban J connectivity index is 1.62. The summed E-state index contributed by atoms with van der Waals surface area (Å²) in [6, 6.07) is 8.36. The van der Waals surface area contributed by atoms with Crippen molar-refractivity contribution in [3.8, 4) is 5.75 Å². The van der Waals surface area contributed by atoms with Crippen LogP contribution >= 0.6 is 0 Å². The molecular weight excluding hydrogens is 470 g/mol. The highest BCUT2D eigenvalue weighted by molar-refractivity contribution is 5.89. The standard InChI is InChI=1S/C25H28F2N6O3/c1-14(2)19-7-8-20(29-24(19)27)23(15-5-4-6-18(9-15)36-3)30-25(35)21-10-16(26)13-33(21)22(34)11-17-12-28-32-31-17/h4-9,12,14,16,21,23H,10-11,13H2,1-3H3,(H,30,35)(H,28,31,32)/t16-,21+,23+/m1/s1. The average Bonchev–Trinajstić information content (AvgIpc) is 3.51. The van der Waals surface area contributed by atoms with Gasteiger partial charge in [-0.1, -0.05) is 32.0 Å². The van der Waals surface area contributed by atoms with Crippen molar-refractivity contribution in [3.05, 3.63) is 71.1 Å². The Hall–Kier alpha value is -3.89. The van der Waals surface area contributed by atoms with Gasteiger partial charge in [-0.15, -0.1) is 0 Å². The number of carbonyl (C=O) groups excluding carboxylic acids is 2. The molecule has 0 radical (unpaired) electrons. The molecular formula is C25H28F2N6O3. The van der Waals surface area contributed by atoms with E-state index in [4.69, 9.17) is 4.74 Å². The van der Waals surface area contributed by atoms with Gasteiger partial charge in [0.1, 0.15) is 18.0 Å². The molecule has 1 aromatic carbocycles. The summed E-state index contributed by atoms with van der Waals surface area (Å²) in [5.41, 5.74) is 1.71. The summed E-state index contributed by atoms with van der Waals surface area (Å²) in [4.78, 5) is 31.6. The van der Waals surface area contributed by atoms with Crippen LogP contribution in [0, 0.1) is 5.95 Å². The number of alkyl halides is 1. The number of H-pyrrole nitrogens is 1. The van der Waals surface area contributed by atoms with Crippen LogP contribution in [0.2, 0.25) is 0 Å². The quantitative estimate of drug-likeness (QED) is 0.462. The lowest BCUT2D eigenvalue weighted by molar-refractivity contribution is -0.138. The van der Waals surface area contributed by atoms with Gasteiger partial charge in [0.25, 0.3) is 0 Å². The SMILES string of the molecule is COc1cccc([C@H](NC(=O)[C@@H]2C[C@@H](F)CN2C(=O)Cc2cn[nH]n2)c2ccc(C(C)C)c(F)n2)c1. The molecule has 2 amide bonds. The third-order valence-electron chi connectivity index (χ3n) is 6.20. The van der Waals surface area contributed by atoms with E-state index in [2.05, 4.69) is 25.7 Å². The highest BCUT2D eigenvalue weighted by Gasteiger charge is 2.40. The molecule has 11 heteroatoms. The number of amides is 2. The van der Waals surface area contributed by atoms with E-state index in [1.165, 1.54) is 18.2 Å². The number of methoxy groups -OCH3 is 1. The zero-order chi connectivity index (χ0) is 25.8. The fraction of sp³-hybridized carbons (Fsp3) is 0.400. The average molecular weight is 499 g/mol. The van der Waals surface area contributed by atoms with E-state index in [-0.39, 0.29) is 31.0 Å². The van der Waals surface area contributed by atoms with Crippen molar-refractivity contribution >= 4 is 11.8 Å². The first-order valence-corrected chi connectivity index (χ1v) is 11.7. The molecule has 4 rings (SSSR count). The van der Waals surface area contributed by atoms with Gasteiger partial charge in [0, 0.05) is 12.0 Å². The van der Waals surface area contributed by atoms with Gasteiger partial charge in [-0.25, -0.2) is 9.37 Å². The molecule has 2 N–H and O–H groups in total. The van der Waals surface area contributed by atoms with Gasteiger partial charge in [0.15, 0.2) is 0 Å². The second-order valence-corrected chi connectivity index (χ2v) is 9.02. The third kappa shape index (κ3) is 5.50. The van der Waals surface area contributed by atoms with Crippen molar-refractivity contribution in [2.75, 3.05) is 13.7 Å². The minimum atomic E-state index is -1.35. The number of aromatic nitrogens is 4. The lowest BCUT2D eigenvalue weighted by Crippen LogP contribution is -2.47. The Morgan fingerprint density at radius 1 is 1.28 bits per heavy atom. The van der Waals surface area contributed by atoms with Crippen molar-refractivity contribution in [3.63, 3.8) is 0 Å². The molecule has 0 saturated carbocycles. The number of nitrogens with zero attached hydrogens (tertiary/aromatic N) is 4. The van der Waals surface area contributed by atoms with Gasteiger partial charge in [-0.3, -0.25) is 9.59 Å². The third-order valence-corrected chi connectivity index (χ3v) is 6.20. The summed E-state index contributed by atoms with van der Waals surface area (Å²) in [5, 5.41) is 12.8. The maximum atomic E-state index is 14.8. The number of rotatable bonds is 8.